The summed E-state index contributed by atoms with van der Waals surface area (Å²) in [5, 5.41) is 3.68. The molecule has 0 aliphatic carbocycles. The normalized spacial score (nSPS) is 11.6. The van der Waals surface area contributed by atoms with Gasteiger partial charge in [-0.1, -0.05) is 6.92 Å². The number of rotatable bonds is 2. The Bertz CT molecular complexity index is 502. The van der Waals surface area contributed by atoms with Gasteiger partial charge in [-0.3, -0.25) is 4.79 Å². The van der Waals surface area contributed by atoms with Gasteiger partial charge in [0.25, 0.3) is 5.56 Å². The van der Waals surface area contributed by atoms with Gasteiger partial charge in [0.2, 0.25) is 0 Å². The van der Waals surface area contributed by atoms with Crippen LogP contribution in [0, 0.1) is 6.92 Å². The summed E-state index contributed by atoms with van der Waals surface area (Å²) in [6.07, 6.45) is 1.22. The zero-order chi connectivity index (χ0) is 10.9. The van der Waals surface area contributed by atoms with Gasteiger partial charge in [0.1, 0.15) is 0 Å². The first-order valence-electron chi connectivity index (χ1n) is 4.16. The van der Waals surface area contributed by atoms with Crippen LogP contribution in [0.2, 0.25) is 0 Å². The van der Waals surface area contributed by atoms with Crippen molar-refractivity contribution >= 4 is 9.84 Å². The molecule has 1 aromatic heterocycles. The second-order valence-corrected chi connectivity index (χ2v) is 5.21. The molecule has 0 saturated heterocycles. The van der Waals surface area contributed by atoms with E-state index in [1.54, 1.807) is 0 Å². The Labute approximate surface area is 82.3 Å². The Balaban J connectivity index is 3.56. The minimum atomic E-state index is -3.34. The summed E-state index contributed by atoms with van der Waals surface area (Å²) in [6, 6.07) is 0. The van der Waals surface area contributed by atoms with Crippen LogP contribution in [0.5, 0.6) is 0 Å². The molecule has 1 rings (SSSR count). The van der Waals surface area contributed by atoms with Crippen molar-refractivity contribution in [2.24, 2.45) is 7.05 Å². The summed E-state index contributed by atoms with van der Waals surface area (Å²) in [6.45, 7) is 3.03. The number of nitrogens with zero attached hydrogens (tertiary/aromatic N) is 2. The van der Waals surface area contributed by atoms with Gasteiger partial charge < -0.3 is 0 Å². The summed E-state index contributed by atoms with van der Waals surface area (Å²) in [4.78, 5) is 11.4. The van der Waals surface area contributed by atoms with Crippen molar-refractivity contribution < 1.29 is 8.42 Å². The molecular weight excluding hydrogens is 204 g/mol. The van der Waals surface area contributed by atoms with E-state index in [1.165, 1.54) is 27.1 Å². The highest BCUT2D eigenvalue weighted by atomic mass is 32.2. The first-order chi connectivity index (χ1) is 6.40. The average Bonchev–Trinajstić information content (AvgIpc) is 2.14. The van der Waals surface area contributed by atoms with Crippen LogP contribution < -0.4 is 5.56 Å². The Hall–Kier alpha value is -1.17. The third-order valence-electron chi connectivity index (χ3n) is 2.05. The highest BCUT2D eigenvalue weighted by Gasteiger charge is 2.17. The summed E-state index contributed by atoms with van der Waals surface area (Å²) in [5.41, 5.74) is -0.149. The van der Waals surface area contributed by atoms with Crippen LogP contribution >= 0.6 is 0 Å². The second-order valence-electron chi connectivity index (χ2n) is 2.97. The molecule has 0 radical (unpaired) electrons. The van der Waals surface area contributed by atoms with Crippen LogP contribution in [-0.2, 0) is 16.9 Å². The predicted octanol–water partition coefficient (Wildman–Crippen LogP) is -0.118. The van der Waals surface area contributed by atoms with Gasteiger partial charge in [-0.25, -0.2) is 13.1 Å². The zero-order valence-electron chi connectivity index (χ0n) is 8.31. The Morgan fingerprint density at radius 1 is 1.50 bits per heavy atom. The molecule has 0 N–H and O–H groups in total. The monoisotopic (exact) mass is 216 g/mol. The summed E-state index contributed by atoms with van der Waals surface area (Å²) in [5.74, 6) is -0.0251. The van der Waals surface area contributed by atoms with E-state index >= 15 is 0 Å². The molecule has 0 aliphatic heterocycles. The largest absolute Gasteiger partial charge is 0.270 e. The Morgan fingerprint density at radius 2 is 2.07 bits per heavy atom. The molecule has 5 nitrogen and oxygen atoms in total. The molecule has 0 atom stereocenters. The van der Waals surface area contributed by atoms with Crippen molar-refractivity contribution in [3.05, 3.63) is 22.1 Å². The fourth-order valence-corrected chi connectivity index (χ4v) is 2.18. The van der Waals surface area contributed by atoms with Gasteiger partial charge in [0.15, 0.2) is 9.84 Å². The molecule has 6 heteroatoms. The molecule has 0 aliphatic rings. The standard InChI is InChI=1S/C8H12N2O3S/c1-4-14(12,13)7-5-9-10(3)8(11)6(7)2/h5H,4H2,1-3H3. The zero-order valence-corrected chi connectivity index (χ0v) is 9.13. The van der Waals surface area contributed by atoms with E-state index < -0.39 is 9.84 Å². The lowest BCUT2D eigenvalue weighted by Crippen LogP contribution is -2.24. The third-order valence-corrected chi connectivity index (χ3v) is 3.89. The van der Waals surface area contributed by atoms with E-state index in [4.69, 9.17) is 0 Å². The van der Waals surface area contributed by atoms with E-state index in [0.717, 1.165) is 4.68 Å². The van der Waals surface area contributed by atoms with Crippen LogP contribution in [0.15, 0.2) is 15.9 Å². The van der Waals surface area contributed by atoms with Crippen molar-refractivity contribution in [1.82, 2.24) is 9.78 Å². The summed E-state index contributed by atoms with van der Waals surface area (Å²) >= 11 is 0. The van der Waals surface area contributed by atoms with E-state index in [-0.39, 0.29) is 21.8 Å². The highest BCUT2D eigenvalue weighted by molar-refractivity contribution is 7.91. The molecule has 78 valence electrons. The molecule has 0 bridgehead atoms. The molecular formula is C8H12N2O3S. The number of sulfone groups is 1. The SMILES string of the molecule is CCS(=O)(=O)c1cnn(C)c(=O)c1C. The smallest absolute Gasteiger partial charge is 0.267 e. The maximum absolute atomic E-state index is 11.5. The summed E-state index contributed by atoms with van der Waals surface area (Å²) in [7, 11) is -1.86. The summed E-state index contributed by atoms with van der Waals surface area (Å²) < 4.78 is 24.1. The van der Waals surface area contributed by atoms with E-state index in [9.17, 15) is 13.2 Å². The second kappa shape index (κ2) is 3.53. The van der Waals surface area contributed by atoms with Gasteiger partial charge in [0, 0.05) is 12.6 Å². The molecule has 0 aromatic carbocycles. The fraction of sp³-hybridized carbons (Fsp3) is 0.500. The van der Waals surface area contributed by atoms with Crippen molar-refractivity contribution in [2.45, 2.75) is 18.7 Å². The quantitative estimate of drug-likeness (QED) is 0.691. The lowest BCUT2D eigenvalue weighted by molar-refractivity contribution is 0.592. The van der Waals surface area contributed by atoms with Gasteiger partial charge in [-0.05, 0) is 6.92 Å². The van der Waals surface area contributed by atoms with Crippen molar-refractivity contribution in [1.29, 1.82) is 0 Å². The number of hydrogen-bond acceptors (Lipinski definition) is 4. The molecule has 0 saturated carbocycles. The predicted molar refractivity (Wildman–Crippen MR) is 51.9 cm³/mol. The van der Waals surface area contributed by atoms with Crippen molar-refractivity contribution in [2.75, 3.05) is 5.75 Å². The molecule has 1 aromatic rings. The van der Waals surface area contributed by atoms with Crippen molar-refractivity contribution in [3.8, 4) is 0 Å². The van der Waals surface area contributed by atoms with Gasteiger partial charge in [-0.2, -0.15) is 5.10 Å². The van der Waals surface area contributed by atoms with Crippen molar-refractivity contribution in [3.63, 3.8) is 0 Å². The van der Waals surface area contributed by atoms with Crippen LogP contribution in [0.25, 0.3) is 0 Å². The molecule has 1 heterocycles. The minimum absolute atomic E-state index is 0.0251. The molecule has 0 amide bonds. The fourth-order valence-electron chi connectivity index (χ4n) is 1.11. The third kappa shape index (κ3) is 1.70. The van der Waals surface area contributed by atoms with Crippen LogP contribution in [0.1, 0.15) is 12.5 Å². The van der Waals surface area contributed by atoms with Crippen LogP contribution in [-0.4, -0.2) is 24.0 Å². The molecule has 0 unspecified atom stereocenters. The Morgan fingerprint density at radius 3 is 2.57 bits per heavy atom. The molecule has 0 spiro atoms. The highest BCUT2D eigenvalue weighted by Crippen LogP contribution is 2.10. The lowest BCUT2D eigenvalue weighted by atomic mass is 10.3. The number of aryl methyl sites for hydroxylation is 1. The van der Waals surface area contributed by atoms with E-state index in [0.29, 0.717) is 0 Å². The van der Waals surface area contributed by atoms with Gasteiger partial charge in [-0.15, -0.1) is 0 Å². The van der Waals surface area contributed by atoms with E-state index in [1.807, 2.05) is 0 Å². The lowest BCUT2D eigenvalue weighted by Gasteiger charge is -2.05. The minimum Gasteiger partial charge on any atom is -0.267 e. The topological polar surface area (TPSA) is 69.0 Å². The van der Waals surface area contributed by atoms with Crippen LogP contribution in [0.3, 0.4) is 0 Å². The number of aromatic nitrogens is 2. The Kier molecular flexibility index (Phi) is 2.75. The molecule has 14 heavy (non-hydrogen) atoms. The van der Waals surface area contributed by atoms with Gasteiger partial charge >= 0.3 is 0 Å². The molecule has 0 fully saturated rings. The first-order valence-corrected chi connectivity index (χ1v) is 5.81. The van der Waals surface area contributed by atoms with Crippen LogP contribution in [0.4, 0.5) is 0 Å². The van der Waals surface area contributed by atoms with Gasteiger partial charge in [0.05, 0.1) is 16.8 Å². The number of hydrogen-bond donors (Lipinski definition) is 0. The maximum atomic E-state index is 11.5. The van der Waals surface area contributed by atoms with E-state index in [2.05, 4.69) is 5.10 Å². The maximum Gasteiger partial charge on any atom is 0.270 e. The first kappa shape index (κ1) is 10.9. The average molecular weight is 216 g/mol.